The van der Waals surface area contributed by atoms with Crippen LogP contribution in [0.3, 0.4) is 0 Å². The number of carbonyl (C=O) groups is 1. The molecule has 1 fully saturated rings. The van der Waals surface area contributed by atoms with E-state index >= 15 is 0 Å². The number of hydrogen-bond acceptors (Lipinski definition) is 3. The molecule has 2 N–H and O–H groups in total. The third kappa shape index (κ3) is 5.99. The number of halogens is 2. The Morgan fingerprint density at radius 1 is 1.39 bits per heavy atom. The highest BCUT2D eigenvalue weighted by atomic mass is 35.5. The fourth-order valence-corrected chi connectivity index (χ4v) is 3.67. The van der Waals surface area contributed by atoms with Crippen LogP contribution in [0, 0.1) is 5.82 Å². The highest BCUT2D eigenvalue weighted by Gasteiger charge is 2.26. The standard InChI is InChI=1S/C20H30ClFN4O2/c1-5-28-19(27)26-10-8-15(9-11-26)25-18(23-4)24-13-20(2,3)16-7-6-14(22)12-17(16)21/h6-7,12,15H,5,8-11,13H2,1-4H3,(H2,23,24,25). The van der Waals surface area contributed by atoms with Gasteiger partial charge in [-0.1, -0.05) is 31.5 Å². The van der Waals surface area contributed by atoms with E-state index in [4.69, 9.17) is 16.3 Å². The predicted molar refractivity (Wildman–Crippen MR) is 111 cm³/mol. The van der Waals surface area contributed by atoms with E-state index in [2.05, 4.69) is 15.6 Å². The van der Waals surface area contributed by atoms with Crippen LogP contribution in [0.4, 0.5) is 9.18 Å². The van der Waals surface area contributed by atoms with E-state index in [0.717, 1.165) is 18.4 Å². The van der Waals surface area contributed by atoms with Crippen LogP contribution in [0.5, 0.6) is 0 Å². The van der Waals surface area contributed by atoms with Crippen molar-refractivity contribution in [1.82, 2.24) is 15.5 Å². The van der Waals surface area contributed by atoms with Crippen molar-refractivity contribution in [1.29, 1.82) is 0 Å². The van der Waals surface area contributed by atoms with Gasteiger partial charge in [-0.05, 0) is 37.5 Å². The second-order valence-corrected chi connectivity index (χ2v) is 7.95. The van der Waals surface area contributed by atoms with Crippen LogP contribution >= 0.6 is 11.6 Å². The van der Waals surface area contributed by atoms with Crippen LogP contribution in [0.2, 0.25) is 5.02 Å². The topological polar surface area (TPSA) is 66.0 Å². The van der Waals surface area contributed by atoms with Gasteiger partial charge in [0.15, 0.2) is 5.96 Å². The smallest absolute Gasteiger partial charge is 0.409 e. The fraction of sp³-hybridized carbons (Fsp3) is 0.600. The third-order valence-electron chi connectivity index (χ3n) is 4.94. The van der Waals surface area contributed by atoms with Gasteiger partial charge in [-0.15, -0.1) is 0 Å². The van der Waals surface area contributed by atoms with Crippen molar-refractivity contribution in [3.05, 3.63) is 34.6 Å². The number of nitrogens with zero attached hydrogens (tertiary/aromatic N) is 2. The zero-order valence-electron chi connectivity index (χ0n) is 17.0. The molecule has 0 radical (unpaired) electrons. The Labute approximate surface area is 171 Å². The van der Waals surface area contributed by atoms with Gasteiger partial charge in [0.05, 0.1) is 6.61 Å². The predicted octanol–water partition coefficient (Wildman–Crippen LogP) is 3.54. The molecule has 1 aromatic carbocycles. The molecule has 1 aliphatic heterocycles. The minimum atomic E-state index is -0.343. The maximum absolute atomic E-state index is 13.3. The maximum atomic E-state index is 13.3. The summed E-state index contributed by atoms with van der Waals surface area (Å²) in [5, 5.41) is 7.16. The summed E-state index contributed by atoms with van der Waals surface area (Å²) in [4.78, 5) is 17.8. The van der Waals surface area contributed by atoms with Gasteiger partial charge < -0.3 is 20.3 Å². The number of likely N-dealkylation sites (tertiary alicyclic amines) is 1. The summed E-state index contributed by atoms with van der Waals surface area (Å²) in [6, 6.07) is 4.71. The molecule has 1 aromatic rings. The number of amides is 1. The molecule has 1 aliphatic rings. The first-order valence-corrected chi connectivity index (χ1v) is 9.99. The Balaban J connectivity index is 1.87. The molecule has 0 unspecified atom stereocenters. The molecular weight excluding hydrogens is 383 g/mol. The molecule has 6 nitrogen and oxygen atoms in total. The molecule has 0 atom stereocenters. The van der Waals surface area contributed by atoms with Gasteiger partial charge in [0.25, 0.3) is 0 Å². The van der Waals surface area contributed by atoms with Crippen LogP contribution in [0.1, 0.15) is 39.2 Å². The SMILES string of the molecule is CCOC(=O)N1CCC(NC(=NC)NCC(C)(C)c2ccc(F)cc2Cl)CC1. The summed E-state index contributed by atoms with van der Waals surface area (Å²) in [5.74, 6) is 0.352. The lowest BCUT2D eigenvalue weighted by Gasteiger charge is -2.33. The molecule has 1 heterocycles. The Kier molecular flexibility index (Phi) is 7.92. The maximum Gasteiger partial charge on any atom is 0.409 e. The van der Waals surface area contributed by atoms with E-state index < -0.39 is 0 Å². The zero-order chi connectivity index (χ0) is 20.7. The van der Waals surface area contributed by atoms with Gasteiger partial charge in [0.1, 0.15) is 5.82 Å². The number of rotatable bonds is 5. The minimum Gasteiger partial charge on any atom is -0.450 e. The molecule has 2 rings (SSSR count). The van der Waals surface area contributed by atoms with Gasteiger partial charge in [-0.3, -0.25) is 4.99 Å². The molecule has 0 bridgehead atoms. The molecule has 1 saturated heterocycles. The largest absolute Gasteiger partial charge is 0.450 e. The van der Waals surface area contributed by atoms with Crippen LogP contribution in [0.15, 0.2) is 23.2 Å². The van der Waals surface area contributed by atoms with Crippen molar-refractivity contribution in [3.8, 4) is 0 Å². The van der Waals surface area contributed by atoms with Gasteiger partial charge in [-0.2, -0.15) is 0 Å². The molecule has 8 heteroatoms. The number of nitrogens with one attached hydrogen (secondary N) is 2. The van der Waals surface area contributed by atoms with E-state index in [1.807, 2.05) is 20.8 Å². The number of hydrogen-bond donors (Lipinski definition) is 2. The van der Waals surface area contributed by atoms with E-state index in [-0.39, 0.29) is 23.4 Å². The lowest BCUT2D eigenvalue weighted by Crippen LogP contribution is -2.51. The first-order valence-electron chi connectivity index (χ1n) is 9.61. The van der Waals surface area contributed by atoms with Crippen LogP contribution < -0.4 is 10.6 Å². The number of guanidine groups is 1. The Bertz CT molecular complexity index is 703. The first kappa shape index (κ1) is 22.3. The zero-order valence-corrected chi connectivity index (χ0v) is 17.8. The minimum absolute atomic E-state index is 0.231. The molecule has 0 aromatic heterocycles. The lowest BCUT2D eigenvalue weighted by atomic mass is 9.84. The lowest BCUT2D eigenvalue weighted by molar-refractivity contribution is 0.0963. The fourth-order valence-electron chi connectivity index (χ4n) is 3.25. The molecule has 0 saturated carbocycles. The van der Waals surface area contributed by atoms with E-state index in [0.29, 0.717) is 37.2 Å². The molecule has 28 heavy (non-hydrogen) atoms. The van der Waals surface area contributed by atoms with E-state index in [9.17, 15) is 9.18 Å². The monoisotopic (exact) mass is 412 g/mol. The first-order chi connectivity index (χ1) is 13.3. The average molecular weight is 413 g/mol. The van der Waals surface area contributed by atoms with Crippen molar-refractivity contribution in [3.63, 3.8) is 0 Å². The normalized spacial score (nSPS) is 16.1. The van der Waals surface area contributed by atoms with Crippen molar-refractivity contribution in [2.24, 2.45) is 4.99 Å². The number of aliphatic imine (C=N–C) groups is 1. The van der Waals surface area contributed by atoms with Gasteiger partial charge in [-0.25, -0.2) is 9.18 Å². The van der Waals surface area contributed by atoms with Crippen molar-refractivity contribution in [2.75, 3.05) is 33.3 Å². The second kappa shape index (κ2) is 9.96. The molecule has 0 spiro atoms. The molecule has 1 amide bonds. The summed E-state index contributed by atoms with van der Waals surface area (Å²) < 4.78 is 18.4. The van der Waals surface area contributed by atoms with Gasteiger partial charge >= 0.3 is 6.09 Å². The van der Waals surface area contributed by atoms with Crippen molar-refractivity contribution in [2.45, 2.75) is 45.1 Å². The number of ether oxygens (including phenoxy) is 1. The highest BCUT2D eigenvalue weighted by molar-refractivity contribution is 6.31. The van der Waals surface area contributed by atoms with E-state index in [1.54, 1.807) is 18.0 Å². The molecular formula is C20H30ClFN4O2. The third-order valence-corrected chi connectivity index (χ3v) is 5.26. The van der Waals surface area contributed by atoms with E-state index in [1.165, 1.54) is 12.1 Å². The molecule has 0 aliphatic carbocycles. The number of piperidine rings is 1. The molecule has 156 valence electrons. The van der Waals surface area contributed by atoms with Crippen molar-refractivity contribution < 1.29 is 13.9 Å². The highest BCUT2D eigenvalue weighted by Crippen LogP contribution is 2.29. The Hall–Kier alpha value is -2.02. The summed E-state index contributed by atoms with van der Waals surface area (Å²) >= 11 is 6.22. The summed E-state index contributed by atoms with van der Waals surface area (Å²) in [6.07, 6.45) is 1.40. The second-order valence-electron chi connectivity index (χ2n) is 7.54. The summed E-state index contributed by atoms with van der Waals surface area (Å²) in [5.41, 5.74) is 0.566. The average Bonchev–Trinajstić information content (AvgIpc) is 2.65. The van der Waals surface area contributed by atoms with Gasteiger partial charge in [0.2, 0.25) is 0 Å². The van der Waals surface area contributed by atoms with Crippen LogP contribution in [-0.4, -0.2) is 56.3 Å². The van der Waals surface area contributed by atoms with Crippen LogP contribution in [0.25, 0.3) is 0 Å². The number of carbonyl (C=O) groups excluding carboxylic acids is 1. The summed E-state index contributed by atoms with van der Waals surface area (Å²) in [6.45, 7) is 8.19. The van der Waals surface area contributed by atoms with Crippen molar-refractivity contribution >= 4 is 23.7 Å². The van der Waals surface area contributed by atoms with Gasteiger partial charge in [0, 0.05) is 43.2 Å². The van der Waals surface area contributed by atoms with Crippen LogP contribution in [-0.2, 0) is 10.2 Å². The quantitative estimate of drug-likeness (QED) is 0.573. The Morgan fingerprint density at radius 3 is 2.64 bits per heavy atom. The Morgan fingerprint density at radius 2 is 2.07 bits per heavy atom. The number of benzene rings is 1. The summed E-state index contributed by atoms with van der Waals surface area (Å²) in [7, 11) is 1.72.